The smallest absolute Gasteiger partial charge is 0.0357 e. The molecule has 0 bridgehead atoms. The highest BCUT2D eigenvalue weighted by molar-refractivity contribution is 5.40. The fourth-order valence-corrected chi connectivity index (χ4v) is 1.66. The van der Waals surface area contributed by atoms with Crippen LogP contribution in [0.25, 0.3) is 0 Å². The van der Waals surface area contributed by atoms with Gasteiger partial charge in [-0.15, -0.1) is 0 Å². The Labute approximate surface area is 73.0 Å². The van der Waals surface area contributed by atoms with Gasteiger partial charge in [0.15, 0.2) is 0 Å². The van der Waals surface area contributed by atoms with Crippen LogP contribution >= 0.6 is 0 Å². The molecule has 12 heavy (non-hydrogen) atoms. The molecule has 1 aliphatic rings. The number of nitrogens with two attached hydrogens (primary N) is 1. The summed E-state index contributed by atoms with van der Waals surface area (Å²) in [7, 11) is 2.16. The number of likely N-dealkylation sites (tertiary alicyclic amines) is 1. The normalized spacial score (nSPS) is 23.6. The first-order valence-corrected chi connectivity index (χ1v) is 4.33. The predicted octanol–water partition coefficient (Wildman–Crippen LogP) is 1.65. The molecule has 1 aliphatic heterocycles. The van der Waals surface area contributed by atoms with Crippen molar-refractivity contribution >= 4 is 5.69 Å². The number of hydrogen-bond acceptors (Lipinski definition) is 2. The Kier molecular flexibility index (Phi) is 1.77. The molecular formula is C10H14N2. The van der Waals surface area contributed by atoms with E-state index in [1.165, 1.54) is 18.5 Å². The number of anilines is 1. The number of rotatable bonds is 1. The highest BCUT2D eigenvalue weighted by Crippen LogP contribution is 2.31. The van der Waals surface area contributed by atoms with Gasteiger partial charge in [-0.25, -0.2) is 0 Å². The molecule has 2 N–H and O–H groups in total. The maximum absolute atomic E-state index is 5.61. The van der Waals surface area contributed by atoms with E-state index in [0.717, 1.165) is 5.69 Å². The van der Waals surface area contributed by atoms with Crippen molar-refractivity contribution in [3.63, 3.8) is 0 Å². The first-order chi connectivity index (χ1) is 5.77. The minimum atomic E-state index is 0.630. The van der Waals surface area contributed by atoms with Gasteiger partial charge in [0.2, 0.25) is 0 Å². The summed E-state index contributed by atoms with van der Waals surface area (Å²) in [5.74, 6) is 0. The molecule has 2 heteroatoms. The van der Waals surface area contributed by atoms with Crippen molar-refractivity contribution in [1.29, 1.82) is 0 Å². The standard InChI is InChI=1S/C10H14N2/c1-12-7-6-10(12)8-2-4-9(11)5-3-8/h2-5,10H,6-7,11H2,1H3. The summed E-state index contributed by atoms with van der Waals surface area (Å²) in [6.07, 6.45) is 1.28. The molecule has 1 atom stereocenters. The lowest BCUT2D eigenvalue weighted by atomic mass is 9.96. The summed E-state index contributed by atoms with van der Waals surface area (Å²) in [6.45, 7) is 1.22. The van der Waals surface area contributed by atoms with Crippen LogP contribution in [0.15, 0.2) is 24.3 Å². The van der Waals surface area contributed by atoms with Crippen LogP contribution in [0, 0.1) is 0 Å². The third-order valence-electron chi connectivity index (χ3n) is 2.61. The lowest BCUT2D eigenvalue weighted by Gasteiger charge is -2.38. The molecule has 1 fully saturated rings. The van der Waals surface area contributed by atoms with Crippen LogP contribution in [-0.2, 0) is 0 Å². The Balaban J connectivity index is 2.18. The van der Waals surface area contributed by atoms with Gasteiger partial charge in [-0.3, -0.25) is 4.90 Å². The maximum Gasteiger partial charge on any atom is 0.0357 e. The van der Waals surface area contributed by atoms with Gasteiger partial charge in [0.1, 0.15) is 0 Å². The number of benzene rings is 1. The third kappa shape index (κ3) is 1.18. The lowest BCUT2D eigenvalue weighted by Crippen LogP contribution is -2.37. The van der Waals surface area contributed by atoms with Gasteiger partial charge in [0.25, 0.3) is 0 Å². The van der Waals surface area contributed by atoms with E-state index >= 15 is 0 Å². The van der Waals surface area contributed by atoms with Crippen LogP contribution in [0.2, 0.25) is 0 Å². The van der Waals surface area contributed by atoms with Crippen LogP contribution < -0.4 is 5.73 Å². The lowest BCUT2D eigenvalue weighted by molar-refractivity contribution is 0.128. The van der Waals surface area contributed by atoms with E-state index < -0.39 is 0 Å². The van der Waals surface area contributed by atoms with Gasteiger partial charge in [-0.2, -0.15) is 0 Å². The molecule has 0 spiro atoms. The Morgan fingerprint density at radius 1 is 1.33 bits per heavy atom. The maximum atomic E-state index is 5.61. The van der Waals surface area contributed by atoms with Gasteiger partial charge in [0.05, 0.1) is 0 Å². The van der Waals surface area contributed by atoms with E-state index in [4.69, 9.17) is 5.73 Å². The van der Waals surface area contributed by atoms with Gasteiger partial charge >= 0.3 is 0 Å². The van der Waals surface area contributed by atoms with Crippen LogP contribution in [0.4, 0.5) is 5.69 Å². The summed E-state index contributed by atoms with van der Waals surface area (Å²) in [5.41, 5.74) is 7.84. The zero-order chi connectivity index (χ0) is 8.55. The van der Waals surface area contributed by atoms with Crippen molar-refractivity contribution in [2.75, 3.05) is 19.3 Å². The average Bonchev–Trinajstić information content (AvgIpc) is 2.06. The molecule has 2 rings (SSSR count). The van der Waals surface area contributed by atoms with Crippen molar-refractivity contribution in [3.8, 4) is 0 Å². The fraction of sp³-hybridized carbons (Fsp3) is 0.400. The second-order valence-electron chi connectivity index (χ2n) is 3.45. The highest BCUT2D eigenvalue weighted by atomic mass is 15.2. The fourth-order valence-electron chi connectivity index (χ4n) is 1.66. The van der Waals surface area contributed by atoms with Crippen LogP contribution in [0.1, 0.15) is 18.0 Å². The van der Waals surface area contributed by atoms with Gasteiger partial charge < -0.3 is 5.73 Å². The van der Waals surface area contributed by atoms with Crippen LogP contribution in [0.5, 0.6) is 0 Å². The average molecular weight is 162 g/mol. The largest absolute Gasteiger partial charge is 0.399 e. The summed E-state index contributed by atoms with van der Waals surface area (Å²) < 4.78 is 0. The van der Waals surface area contributed by atoms with E-state index in [-0.39, 0.29) is 0 Å². The van der Waals surface area contributed by atoms with E-state index in [1.54, 1.807) is 0 Å². The molecule has 1 unspecified atom stereocenters. The number of nitrogens with zero attached hydrogens (tertiary/aromatic N) is 1. The molecule has 1 saturated heterocycles. The predicted molar refractivity (Wildman–Crippen MR) is 50.8 cm³/mol. The minimum Gasteiger partial charge on any atom is -0.399 e. The molecule has 0 amide bonds. The van der Waals surface area contributed by atoms with Crippen molar-refractivity contribution in [2.45, 2.75) is 12.5 Å². The summed E-state index contributed by atoms with van der Waals surface area (Å²) in [5, 5.41) is 0. The first-order valence-electron chi connectivity index (χ1n) is 4.33. The van der Waals surface area contributed by atoms with Gasteiger partial charge in [-0.1, -0.05) is 12.1 Å². The second-order valence-corrected chi connectivity index (χ2v) is 3.45. The molecule has 0 saturated carbocycles. The third-order valence-corrected chi connectivity index (χ3v) is 2.61. The van der Waals surface area contributed by atoms with E-state index in [9.17, 15) is 0 Å². The van der Waals surface area contributed by atoms with Crippen molar-refractivity contribution in [1.82, 2.24) is 4.90 Å². The van der Waals surface area contributed by atoms with E-state index in [0.29, 0.717) is 6.04 Å². The molecular weight excluding hydrogens is 148 g/mol. The number of hydrogen-bond donors (Lipinski definition) is 1. The molecule has 1 aromatic carbocycles. The Hall–Kier alpha value is -1.02. The number of nitrogen functional groups attached to an aromatic ring is 1. The molecule has 1 heterocycles. The summed E-state index contributed by atoms with van der Waals surface area (Å²) in [4.78, 5) is 2.35. The molecule has 0 aliphatic carbocycles. The Bertz CT molecular complexity index is 266. The van der Waals surface area contributed by atoms with Crippen molar-refractivity contribution in [2.24, 2.45) is 0 Å². The van der Waals surface area contributed by atoms with Crippen LogP contribution in [-0.4, -0.2) is 18.5 Å². The SMILES string of the molecule is CN1CCC1c1ccc(N)cc1. The van der Waals surface area contributed by atoms with Gasteiger partial charge in [-0.05, 0) is 31.2 Å². The van der Waals surface area contributed by atoms with E-state index in [1.807, 2.05) is 12.1 Å². The molecule has 64 valence electrons. The second kappa shape index (κ2) is 2.79. The van der Waals surface area contributed by atoms with E-state index in [2.05, 4.69) is 24.1 Å². The quantitative estimate of drug-likeness (QED) is 0.636. The monoisotopic (exact) mass is 162 g/mol. The first kappa shape index (κ1) is 7.62. The topological polar surface area (TPSA) is 29.3 Å². The highest BCUT2D eigenvalue weighted by Gasteiger charge is 2.24. The zero-order valence-corrected chi connectivity index (χ0v) is 7.33. The molecule has 2 nitrogen and oxygen atoms in total. The van der Waals surface area contributed by atoms with Crippen molar-refractivity contribution in [3.05, 3.63) is 29.8 Å². The Morgan fingerprint density at radius 2 is 2.00 bits per heavy atom. The summed E-state index contributed by atoms with van der Waals surface area (Å²) >= 11 is 0. The zero-order valence-electron chi connectivity index (χ0n) is 7.33. The molecule has 0 radical (unpaired) electrons. The Morgan fingerprint density at radius 3 is 2.42 bits per heavy atom. The molecule has 0 aromatic heterocycles. The molecule has 1 aromatic rings. The van der Waals surface area contributed by atoms with Crippen molar-refractivity contribution < 1.29 is 0 Å². The summed E-state index contributed by atoms with van der Waals surface area (Å²) in [6, 6.07) is 8.82. The minimum absolute atomic E-state index is 0.630. The van der Waals surface area contributed by atoms with Gasteiger partial charge in [0, 0.05) is 18.3 Å². The van der Waals surface area contributed by atoms with Crippen LogP contribution in [0.3, 0.4) is 0 Å².